The Bertz CT molecular complexity index is 1230. The monoisotopic (exact) mass is 435 g/mol. The first-order valence-corrected chi connectivity index (χ1v) is 10.3. The number of morpholine rings is 1. The van der Waals surface area contributed by atoms with Crippen LogP contribution in [-0.2, 0) is 4.74 Å². The molecular weight excluding hydrogens is 414 g/mol. The van der Waals surface area contributed by atoms with Gasteiger partial charge in [0.05, 0.1) is 13.2 Å². The predicted octanol–water partition coefficient (Wildman–Crippen LogP) is 1.71. The molecule has 5 rings (SSSR count). The van der Waals surface area contributed by atoms with E-state index in [9.17, 15) is 4.79 Å². The van der Waals surface area contributed by atoms with Crippen LogP contribution in [0.1, 0.15) is 16.5 Å². The predicted molar refractivity (Wildman–Crippen MR) is 113 cm³/mol. The number of fused-ring (bicyclic) bond motifs is 1. The van der Waals surface area contributed by atoms with Crippen molar-refractivity contribution in [1.82, 2.24) is 35.5 Å². The van der Waals surface area contributed by atoms with Crippen LogP contribution in [-0.4, -0.2) is 75.5 Å². The third kappa shape index (κ3) is 4.07. The quantitative estimate of drug-likeness (QED) is 0.477. The van der Waals surface area contributed by atoms with E-state index in [2.05, 4.69) is 35.5 Å². The highest BCUT2D eigenvalue weighted by atomic mass is 16.5. The van der Waals surface area contributed by atoms with Gasteiger partial charge < -0.3 is 19.0 Å². The van der Waals surface area contributed by atoms with Crippen molar-refractivity contribution in [2.45, 2.75) is 6.92 Å². The average Bonchev–Trinajstić information content (AvgIpc) is 3.47. The van der Waals surface area contributed by atoms with Crippen LogP contribution in [0.2, 0.25) is 0 Å². The summed E-state index contributed by atoms with van der Waals surface area (Å²) in [5, 5.41) is 14.7. The number of hydrogen-bond acceptors (Lipinski definition) is 10. The third-order valence-corrected chi connectivity index (χ3v) is 5.12. The number of benzene rings is 1. The lowest BCUT2D eigenvalue weighted by Crippen LogP contribution is -2.41. The van der Waals surface area contributed by atoms with Gasteiger partial charge in [-0.25, -0.2) is 9.97 Å². The zero-order chi connectivity index (χ0) is 21.9. The maximum atomic E-state index is 12.4. The normalized spacial score (nSPS) is 14.7. The Hall–Kier alpha value is -3.70. The minimum absolute atomic E-state index is 0.0548. The molecule has 11 nitrogen and oxygen atoms in total. The van der Waals surface area contributed by atoms with Crippen LogP contribution < -0.4 is 5.32 Å². The summed E-state index contributed by atoms with van der Waals surface area (Å²) in [5.41, 5.74) is 2.61. The second-order valence-corrected chi connectivity index (χ2v) is 7.32. The van der Waals surface area contributed by atoms with Crippen molar-refractivity contribution in [3.05, 3.63) is 42.0 Å². The summed E-state index contributed by atoms with van der Waals surface area (Å²) < 4.78 is 16.4. The number of rotatable bonds is 6. The van der Waals surface area contributed by atoms with E-state index in [1.165, 1.54) is 0 Å². The second-order valence-electron chi connectivity index (χ2n) is 7.32. The van der Waals surface area contributed by atoms with E-state index in [-0.39, 0.29) is 17.5 Å². The van der Waals surface area contributed by atoms with Gasteiger partial charge in [0.25, 0.3) is 5.89 Å². The summed E-state index contributed by atoms with van der Waals surface area (Å²) in [5.74, 6) is 0.00775. The van der Waals surface area contributed by atoms with Crippen LogP contribution in [0.3, 0.4) is 0 Å². The highest BCUT2D eigenvalue weighted by Gasteiger charge is 2.24. The molecule has 0 bridgehead atoms. The van der Waals surface area contributed by atoms with E-state index >= 15 is 0 Å². The van der Waals surface area contributed by atoms with E-state index in [0.717, 1.165) is 25.2 Å². The maximum Gasteiger partial charge on any atom is 0.308 e. The zero-order valence-corrected chi connectivity index (χ0v) is 17.4. The van der Waals surface area contributed by atoms with Gasteiger partial charge in [0.15, 0.2) is 5.69 Å². The van der Waals surface area contributed by atoms with Crippen molar-refractivity contribution in [2.75, 3.05) is 39.4 Å². The summed E-state index contributed by atoms with van der Waals surface area (Å²) in [6, 6.07) is 9.60. The standard InChI is InChI=1S/C21H21N7O4/c1-13-23-15(14-5-3-2-4-6-14)18-16(24-13)17(27-32-18)20-25-26-21(31-20)19(29)22-7-8-28-9-11-30-12-10-28/h2-6H,7-12H2,1H3,(H,22,29). The van der Waals surface area contributed by atoms with Gasteiger partial charge in [-0.05, 0) is 6.92 Å². The van der Waals surface area contributed by atoms with Gasteiger partial charge in [-0.3, -0.25) is 9.69 Å². The molecule has 1 N–H and O–H groups in total. The van der Waals surface area contributed by atoms with Crippen molar-refractivity contribution in [3.8, 4) is 22.8 Å². The zero-order valence-electron chi connectivity index (χ0n) is 17.4. The Balaban J connectivity index is 1.35. The molecule has 1 aliphatic heterocycles. The van der Waals surface area contributed by atoms with Crippen LogP contribution in [0.5, 0.6) is 0 Å². The molecule has 0 radical (unpaired) electrons. The molecule has 0 aliphatic carbocycles. The van der Waals surface area contributed by atoms with Gasteiger partial charge in [-0.2, -0.15) is 0 Å². The second kappa shape index (κ2) is 8.81. The van der Waals surface area contributed by atoms with E-state index in [4.69, 9.17) is 13.7 Å². The molecule has 4 heterocycles. The molecule has 11 heteroatoms. The number of aromatic nitrogens is 5. The van der Waals surface area contributed by atoms with Crippen LogP contribution in [0.25, 0.3) is 33.9 Å². The van der Waals surface area contributed by atoms with Crippen LogP contribution in [0.15, 0.2) is 39.3 Å². The minimum atomic E-state index is -0.444. The fourth-order valence-corrected chi connectivity index (χ4v) is 3.51. The maximum absolute atomic E-state index is 12.4. The molecule has 32 heavy (non-hydrogen) atoms. The molecule has 0 atom stereocenters. The Morgan fingerprint density at radius 2 is 1.91 bits per heavy atom. The Kier molecular flexibility index (Phi) is 5.57. The molecule has 0 saturated carbocycles. The van der Waals surface area contributed by atoms with E-state index < -0.39 is 5.91 Å². The van der Waals surface area contributed by atoms with Gasteiger partial charge in [-0.15, -0.1) is 10.2 Å². The molecule has 1 fully saturated rings. The minimum Gasteiger partial charge on any atom is -0.410 e. The van der Waals surface area contributed by atoms with Gasteiger partial charge >= 0.3 is 11.8 Å². The third-order valence-electron chi connectivity index (χ3n) is 5.12. The number of carbonyl (C=O) groups excluding carboxylic acids is 1. The molecule has 1 saturated heterocycles. The highest BCUT2D eigenvalue weighted by molar-refractivity contribution is 5.94. The molecule has 164 valence electrons. The molecular formula is C21H21N7O4. The van der Waals surface area contributed by atoms with E-state index in [0.29, 0.717) is 42.4 Å². The van der Waals surface area contributed by atoms with Crippen molar-refractivity contribution >= 4 is 17.0 Å². The molecule has 1 amide bonds. The largest absolute Gasteiger partial charge is 0.410 e. The van der Waals surface area contributed by atoms with Crippen LogP contribution in [0, 0.1) is 6.92 Å². The van der Waals surface area contributed by atoms with Crippen LogP contribution >= 0.6 is 0 Å². The van der Waals surface area contributed by atoms with Crippen molar-refractivity contribution in [3.63, 3.8) is 0 Å². The van der Waals surface area contributed by atoms with Crippen LogP contribution in [0.4, 0.5) is 0 Å². The summed E-state index contributed by atoms with van der Waals surface area (Å²) >= 11 is 0. The molecule has 0 spiro atoms. The molecule has 1 aliphatic rings. The summed E-state index contributed by atoms with van der Waals surface area (Å²) in [6.45, 7) is 6.10. The number of nitrogens with zero attached hydrogens (tertiary/aromatic N) is 6. The van der Waals surface area contributed by atoms with Crippen molar-refractivity contribution < 1.29 is 18.5 Å². The van der Waals surface area contributed by atoms with Crippen molar-refractivity contribution in [2.24, 2.45) is 0 Å². The lowest BCUT2D eigenvalue weighted by atomic mass is 10.1. The number of carbonyl (C=O) groups is 1. The fourth-order valence-electron chi connectivity index (χ4n) is 3.51. The Morgan fingerprint density at radius 1 is 1.09 bits per heavy atom. The van der Waals surface area contributed by atoms with Gasteiger partial charge in [-0.1, -0.05) is 35.5 Å². The van der Waals surface area contributed by atoms with Crippen molar-refractivity contribution in [1.29, 1.82) is 0 Å². The Morgan fingerprint density at radius 3 is 2.72 bits per heavy atom. The van der Waals surface area contributed by atoms with Gasteiger partial charge in [0.2, 0.25) is 5.58 Å². The molecule has 0 unspecified atom stereocenters. The number of ether oxygens (including phenoxy) is 1. The highest BCUT2D eigenvalue weighted by Crippen LogP contribution is 2.31. The SMILES string of the molecule is Cc1nc(-c2ccccc2)c2onc(-c3nnc(C(=O)NCCN4CCOCC4)o3)c2n1. The van der Waals surface area contributed by atoms with Gasteiger partial charge in [0.1, 0.15) is 17.0 Å². The first-order valence-electron chi connectivity index (χ1n) is 10.3. The Labute approximate surface area is 182 Å². The summed E-state index contributed by atoms with van der Waals surface area (Å²) in [4.78, 5) is 23.6. The molecule has 3 aromatic heterocycles. The van der Waals surface area contributed by atoms with E-state index in [1.807, 2.05) is 30.3 Å². The van der Waals surface area contributed by atoms with Gasteiger partial charge in [0, 0.05) is 31.7 Å². The lowest BCUT2D eigenvalue weighted by Gasteiger charge is -2.26. The first-order chi connectivity index (χ1) is 15.7. The summed E-state index contributed by atoms with van der Waals surface area (Å²) in [6.07, 6.45) is 0. The smallest absolute Gasteiger partial charge is 0.308 e. The lowest BCUT2D eigenvalue weighted by molar-refractivity contribution is 0.0382. The number of nitrogens with one attached hydrogen (secondary N) is 1. The number of amides is 1. The average molecular weight is 435 g/mol. The topological polar surface area (TPSA) is 132 Å². The molecule has 4 aromatic rings. The number of aryl methyl sites for hydroxylation is 1. The fraction of sp³-hybridized carbons (Fsp3) is 0.333. The van der Waals surface area contributed by atoms with E-state index in [1.54, 1.807) is 6.92 Å². The first kappa shape index (κ1) is 20.2. The summed E-state index contributed by atoms with van der Waals surface area (Å²) in [7, 11) is 0. The number of hydrogen-bond donors (Lipinski definition) is 1. The molecule has 1 aromatic carbocycles.